The molecule has 0 aliphatic carbocycles. The number of ether oxygens (including phenoxy) is 1. The van der Waals surface area contributed by atoms with E-state index >= 15 is 0 Å². The molecule has 84 valence electrons. The molecule has 0 amide bonds. The summed E-state index contributed by atoms with van der Waals surface area (Å²) in [5, 5.41) is 3.41. The predicted molar refractivity (Wildman–Crippen MR) is 58.8 cm³/mol. The summed E-state index contributed by atoms with van der Waals surface area (Å²) in [4.78, 5) is 7.78. The lowest BCUT2D eigenvalue weighted by molar-refractivity contribution is 0.117. The van der Waals surface area contributed by atoms with Crippen LogP contribution >= 0.6 is 0 Å². The van der Waals surface area contributed by atoms with Gasteiger partial charge in [-0.15, -0.1) is 0 Å². The van der Waals surface area contributed by atoms with E-state index in [0.717, 1.165) is 18.8 Å². The van der Waals surface area contributed by atoms with Gasteiger partial charge in [0.25, 0.3) is 0 Å². The smallest absolute Gasteiger partial charge is 0.123 e. The standard InChI is InChI=1S/C11H19N3O/c1-7(2)10-6-13-11(14-10)9-4-8(15-3)5-12-9/h6-9,12H,4-5H2,1-3H3,(H,13,14). The van der Waals surface area contributed by atoms with Crippen LogP contribution in [-0.2, 0) is 4.74 Å². The van der Waals surface area contributed by atoms with Crippen LogP contribution in [0.3, 0.4) is 0 Å². The molecule has 2 N–H and O–H groups in total. The van der Waals surface area contributed by atoms with Crippen LogP contribution in [0.25, 0.3) is 0 Å². The van der Waals surface area contributed by atoms with E-state index in [9.17, 15) is 0 Å². The zero-order valence-electron chi connectivity index (χ0n) is 9.58. The van der Waals surface area contributed by atoms with Crippen molar-refractivity contribution < 1.29 is 4.74 Å². The minimum atomic E-state index is 0.322. The van der Waals surface area contributed by atoms with E-state index in [4.69, 9.17) is 4.74 Å². The minimum Gasteiger partial charge on any atom is -0.380 e. The molecule has 2 atom stereocenters. The van der Waals surface area contributed by atoms with Crippen molar-refractivity contribution in [1.29, 1.82) is 0 Å². The normalized spacial score (nSPS) is 26.4. The summed E-state index contributed by atoms with van der Waals surface area (Å²) in [5.41, 5.74) is 1.20. The second-order valence-electron chi connectivity index (χ2n) is 4.43. The van der Waals surface area contributed by atoms with E-state index in [1.807, 2.05) is 6.20 Å². The third-order valence-electron chi connectivity index (χ3n) is 2.99. The van der Waals surface area contributed by atoms with E-state index < -0.39 is 0 Å². The fraction of sp³-hybridized carbons (Fsp3) is 0.727. The van der Waals surface area contributed by atoms with Crippen LogP contribution in [0.5, 0.6) is 0 Å². The monoisotopic (exact) mass is 209 g/mol. The Hall–Kier alpha value is -0.870. The van der Waals surface area contributed by atoms with Gasteiger partial charge in [-0.05, 0) is 12.3 Å². The molecule has 1 saturated heterocycles. The molecule has 2 rings (SSSR count). The number of aromatic nitrogens is 2. The number of nitrogens with zero attached hydrogens (tertiary/aromatic N) is 1. The van der Waals surface area contributed by atoms with Crippen molar-refractivity contribution in [2.45, 2.75) is 38.3 Å². The van der Waals surface area contributed by atoms with Crippen LogP contribution in [0.4, 0.5) is 0 Å². The van der Waals surface area contributed by atoms with Gasteiger partial charge < -0.3 is 15.0 Å². The maximum atomic E-state index is 5.31. The molecule has 1 fully saturated rings. The van der Waals surface area contributed by atoms with Crippen molar-refractivity contribution in [1.82, 2.24) is 15.3 Å². The van der Waals surface area contributed by atoms with Gasteiger partial charge in [0.1, 0.15) is 5.82 Å². The Morgan fingerprint density at radius 2 is 2.33 bits per heavy atom. The van der Waals surface area contributed by atoms with Gasteiger partial charge in [0.2, 0.25) is 0 Å². The number of nitrogens with one attached hydrogen (secondary N) is 2. The molecule has 0 spiro atoms. The zero-order chi connectivity index (χ0) is 10.8. The lowest BCUT2D eigenvalue weighted by Crippen LogP contribution is -2.16. The van der Waals surface area contributed by atoms with Gasteiger partial charge in [-0.25, -0.2) is 4.98 Å². The second kappa shape index (κ2) is 4.33. The number of rotatable bonds is 3. The predicted octanol–water partition coefficient (Wildman–Crippen LogP) is 1.58. The topological polar surface area (TPSA) is 49.9 Å². The van der Waals surface area contributed by atoms with Crippen molar-refractivity contribution in [2.75, 3.05) is 13.7 Å². The van der Waals surface area contributed by atoms with Gasteiger partial charge in [-0.3, -0.25) is 0 Å². The Balaban J connectivity index is 2.04. The summed E-state index contributed by atoms with van der Waals surface area (Å²) >= 11 is 0. The molecule has 1 aliphatic rings. The van der Waals surface area contributed by atoms with Crippen LogP contribution in [0, 0.1) is 0 Å². The molecule has 0 bridgehead atoms. The van der Waals surface area contributed by atoms with Crippen molar-refractivity contribution in [3.63, 3.8) is 0 Å². The average Bonchev–Trinajstić information content (AvgIpc) is 2.86. The van der Waals surface area contributed by atoms with Crippen LogP contribution in [0.2, 0.25) is 0 Å². The molecule has 1 aromatic rings. The van der Waals surface area contributed by atoms with Gasteiger partial charge in [0.05, 0.1) is 12.1 Å². The quantitative estimate of drug-likeness (QED) is 0.794. The van der Waals surface area contributed by atoms with Gasteiger partial charge in [-0.2, -0.15) is 0 Å². The molecule has 0 saturated carbocycles. The molecule has 1 aromatic heterocycles. The average molecular weight is 209 g/mol. The van der Waals surface area contributed by atoms with Crippen molar-refractivity contribution in [2.24, 2.45) is 0 Å². The first-order valence-corrected chi connectivity index (χ1v) is 5.51. The van der Waals surface area contributed by atoms with Gasteiger partial charge in [0.15, 0.2) is 0 Å². The summed E-state index contributed by atoms with van der Waals surface area (Å²) in [6.07, 6.45) is 3.26. The van der Waals surface area contributed by atoms with Crippen molar-refractivity contribution in [3.05, 3.63) is 17.7 Å². The van der Waals surface area contributed by atoms with Crippen molar-refractivity contribution in [3.8, 4) is 0 Å². The third-order valence-corrected chi connectivity index (χ3v) is 2.99. The summed E-state index contributed by atoms with van der Waals surface area (Å²) < 4.78 is 5.31. The fourth-order valence-electron chi connectivity index (χ4n) is 1.91. The first-order chi connectivity index (χ1) is 7.20. The molecule has 4 nitrogen and oxygen atoms in total. The molecule has 4 heteroatoms. The summed E-state index contributed by atoms with van der Waals surface area (Å²) in [6, 6.07) is 0.322. The van der Waals surface area contributed by atoms with E-state index in [1.54, 1.807) is 7.11 Å². The highest BCUT2D eigenvalue weighted by Crippen LogP contribution is 2.23. The van der Waals surface area contributed by atoms with E-state index in [1.165, 1.54) is 5.69 Å². The number of H-pyrrole nitrogens is 1. The lowest BCUT2D eigenvalue weighted by atomic mass is 10.1. The fourth-order valence-corrected chi connectivity index (χ4v) is 1.91. The molecule has 2 heterocycles. The second-order valence-corrected chi connectivity index (χ2v) is 4.43. The first kappa shape index (κ1) is 10.6. The van der Waals surface area contributed by atoms with Gasteiger partial charge in [-0.1, -0.05) is 13.8 Å². The Labute approximate surface area is 90.4 Å². The molecule has 0 aromatic carbocycles. The van der Waals surface area contributed by atoms with Crippen LogP contribution in [0.15, 0.2) is 6.20 Å². The molecular weight excluding hydrogens is 190 g/mol. The Bertz CT molecular complexity index is 321. The van der Waals surface area contributed by atoms with Crippen molar-refractivity contribution >= 4 is 0 Å². The highest BCUT2D eigenvalue weighted by molar-refractivity contribution is 5.09. The molecule has 1 aliphatic heterocycles. The Kier molecular flexibility index (Phi) is 3.07. The van der Waals surface area contributed by atoms with E-state index in [-0.39, 0.29) is 0 Å². The van der Waals surface area contributed by atoms with Crippen LogP contribution in [-0.4, -0.2) is 29.7 Å². The Morgan fingerprint density at radius 1 is 1.53 bits per heavy atom. The molecular formula is C11H19N3O. The number of hydrogen-bond acceptors (Lipinski definition) is 3. The maximum Gasteiger partial charge on any atom is 0.123 e. The number of methoxy groups -OCH3 is 1. The number of hydrogen-bond donors (Lipinski definition) is 2. The summed E-state index contributed by atoms with van der Waals surface area (Å²) in [7, 11) is 1.76. The molecule has 0 radical (unpaired) electrons. The number of aromatic amines is 1. The van der Waals surface area contributed by atoms with E-state index in [2.05, 4.69) is 29.1 Å². The number of imidazole rings is 1. The first-order valence-electron chi connectivity index (χ1n) is 5.51. The van der Waals surface area contributed by atoms with Gasteiger partial charge in [0, 0.05) is 25.5 Å². The minimum absolute atomic E-state index is 0.322. The SMILES string of the molecule is COC1CNC(c2ncc(C(C)C)[nH]2)C1. The van der Waals surface area contributed by atoms with Crippen LogP contribution in [0.1, 0.15) is 43.7 Å². The lowest BCUT2D eigenvalue weighted by Gasteiger charge is -2.07. The molecule has 15 heavy (non-hydrogen) atoms. The molecule has 2 unspecified atom stereocenters. The summed E-state index contributed by atoms with van der Waals surface area (Å²) in [5.74, 6) is 1.55. The van der Waals surface area contributed by atoms with Crippen LogP contribution < -0.4 is 5.32 Å². The van der Waals surface area contributed by atoms with E-state index in [0.29, 0.717) is 18.1 Å². The largest absolute Gasteiger partial charge is 0.380 e. The highest BCUT2D eigenvalue weighted by Gasteiger charge is 2.27. The van der Waals surface area contributed by atoms with Gasteiger partial charge >= 0.3 is 0 Å². The maximum absolute atomic E-state index is 5.31. The third kappa shape index (κ3) is 2.21. The Morgan fingerprint density at radius 3 is 2.87 bits per heavy atom. The highest BCUT2D eigenvalue weighted by atomic mass is 16.5. The summed E-state index contributed by atoms with van der Waals surface area (Å²) in [6.45, 7) is 5.24. The zero-order valence-corrected chi connectivity index (χ0v) is 9.58.